The van der Waals surface area contributed by atoms with E-state index in [0.29, 0.717) is 25.0 Å². The molecular formula is C31H38O7. The standard InChI is InChI=1S/C31H38O7/c1-4-5-27-37-26-15-23-22-11-6-18-14-20(33)12-13-29(18,2)28(22)24(34)16-30(23,3)31(26,38-27)25(35)17-36-21-9-7-19(32)8-10-21/h7-10,12-14,22-24,26-28,32,34H,4-6,11,15-17H2,1-3H3/t22-,23-,24-,26+,27+,28+,29-,30-,31+/m0/s1. The number of ketones is 2. The molecule has 9 atom stereocenters. The third kappa shape index (κ3) is 3.58. The summed E-state index contributed by atoms with van der Waals surface area (Å²) in [6.07, 6.45) is 8.26. The molecule has 2 N–H and O–H groups in total. The Kier molecular flexibility index (Phi) is 6.13. The van der Waals surface area contributed by atoms with Gasteiger partial charge in [-0.2, -0.15) is 0 Å². The number of aliphatic hydroxyl groups is 1. The van der Waals surface area contributed by atoms with Crippen LogP contribution in [0, 0.1) is 28.6 Å². The fourth-order valence-electron chi connectivity index (χ4n) is 8.80. The van der Waals surface area contributed by atoms with Gasteiger partial charge in [0.05, 0.1) is 12.2 Å². The number of carbonyl (C=O) groups excluding carboxylic acids is 2. The normalized spacial score (nSPS) is 43.1. The van der Waals surface area contributed by atoms with Gasteiger partial charge in [0.15, 0.2) is 17.7 Å². The summed E-state index contributed by atoms with van der Waals surface area (Å²) in [6.45, 7) is 6.16. The number of phenols is 1. The zero-order valence-corrected chi connectivity index (χ0v) is 22.4. The van der Waals surface area contributed by atoms with E-state index in [1.54, 1.807) is 24.3 Å². The largest absolute Gasteiger partial charge is 0.508 e. The summed E-state index contributed by atoms with van der Waals surface area (Å²) in [5, 5.41) is 21.4. The number of ether oxygens (including phenoxy) is 3. The van der Waals surface area contributed by atoms with Crippen LogP contribution >= 0.6 is 0 Å². The third-order valence-electron chi connectivity index (χ3n) is 10.4. The Morgan fingerprint density at radius 3 is 2.71 bits per heavy atom. The van der Waals surface area contributed by atoms with E-state index in [4.69, 9.17) is 14.2 Å². The summed E-state index contributed by atoms with van der Waals surface area (Å²) in [4.78, 5) is 26.3. The van der Waals surface area contributed by atoms with Crippen LogP contribution in [0.15, 0.2) is 48.1 Å². The first kappa shape index (κ1) is 25.8. The second-order valence-corrected chi connectivity index (χ2v) is 12.3. The fraction of sp³-hybridized carbons (Fsp3) is 0.613. The third-order valence-corrected chi connectivity index (χ3v) is 10.4. The molecule has 1 aromatic carbocycles. The first-order valence-corrected chi connectivity index (χ1v) is 14.0. The van der Waals surface area contributed by atoms with E-state index in [1.807, 2.05) is 6.08 Å². The number of hydrogen-bond donors (Lipinski definition) is 2. The van der Waals surface area contributed by atoms with Gasteiger partial charge in [-0.1, -0.05) is 38.8 Å². The van der Waals surface area contributed by atoms with Crippen molar-refractivity contribution in [3.63, 3.8) is 0 Å². The Bertz CT molecular complexity index is 1190. The van der Waals surface area contributed by atoms with Gasteiger partial charge in [-0.3, -0.25) is 9.59 Å². The highest BCUT2D eigenvalue weighted by atomic mass is 16.7. The molecule has 7 heteroatoms. The predicted molar refractivity (Wildman–Crippen MR) is 139 cm³/mol. The number of allylic oxidation sites excluding steroid dienone is 4. The first-order chi connectivity index (χ1) is 18.1. The fourth-order valence-corrected chi connectivity index (χ4v) is 8.80. The molecule has 1 aromatic rings. The maximum Gasteiger partial charge on any atom is 0.205 e. The van der Waals surface area contributed by atoms with Crippen molar-refractivity contribution in [2.24, 2.45) is 28.6 Å². The molecule has 6 rings (SSSR count). The van der Waals surface area contributed by atoms with Crippen LogP contribution in [0.2, 0.25) is 0 Å². The summed E-state index contributed by atoms with van der Waals surface area (Å²) in [7, 11) is 0. The van der Waals surface area contributed by atoms with Crippen LogP contribution in [0.3, 0.4) is 0 Å². The van der Waals surface area contributed by atoms with Crippen LogP contribution in [-0.4, -0.2) is 52.5 Å². The highest BCUT2D eigenvalue weighted by molar-refractivity contribution is 6.01. The van der Waals surface area contributed by atoms with Gasteiger partial charge in [0.1, 0.15) is 18.1 Å². The lowest BCUT2D eigenvalue weighted by Crippen LogP contribution is -2.63. The van der Waals surface area contributed by atoms with Crippen molar-refractivity contribution in [2.45, 2.75) is 83.4 Å². The average Bonchev–Trinajstić information content (AvgIpc) is 3.36. The van der Waals surface area contributed by atoms with Gasteiger partial charge in [0, 0.05) is 16.7 Å². The molecule has 1 aliphatic heterocycles. The molecule has 0 bridgehead atoms. The molecule has 204 valence electrons. The van der Waals surface area contributed by atoms with E-state index in [2.05, 4.69) is 20.8 Å². The zero-order chi connectivity index (χ0) is 26.9. The van der Waals surface area contributed by atoms with Gasteiger partial charge < -0.3 is 24.4 Å². The number of aromatic hydroxyl groups is 1. The number of phenolic OH excluding ortho intramolecular Hbond substituents is 1. The van der Waals surface area contributed by atoms with Crippen LogP contribution in [0.1, 0.15) is 59.3 Å². The molecule has 4 aliphatic carbocycles. The number of fused-ring (bicyclic) bond motifs is 7. The van der Waals surface area contributed by atoms with E-state index >= 15 is 0 Å². The number of carbonyl (C=O) groups is 2. The van der Waals surface area contributed by atoms with Crippen LogP contribution < -0.4 is 4.74 Å². The summed E-state index contributed by atoms with van der Waals surface area (Å²) >= 11 is 0. The van der Waals surface area contributed by atoms with Gasteiger partial charge in [0.2, 0.25) is 5.78 Å². The molecule has 1 saturated heterocycles. The molecule has 38 heavy (non-hydrogen) atoms. The van der Waals surface area contributed by atoms with Crippen LogP contribution in [0.4, 0.5) is 0 Å². The van der Waals surface area contributed by atoms with Gasteiger partial charge in [-0.15, -0.1) is 0 Å². The van der Waals surface area contributed by atoms with E-state index in [-0.39, 0.29) is 47.1 Å². The van der Waals surface area contributed by atoms with Crippen molar-refractivity contribution in [1.82, 2.24) is 0 Å². The Morgan fingerprint density at radius 2 is 1.97 bits per heavy atom. The molecular weight excluding hydrogens is 484 g/mol. The first-order valence-electron chi connectivity index (χ1n) is 14.0. The van der Waals surface area contributed by atoms with Crippen molar-refractivity contribution in [1.29, 1.82) is 0 Å². The second-order valence-electron chi connectivity index (χ2n) is 12.3. The Hall–Kier alpha value is -2.48. The van der Waals surface area contributed by atoms with Crippen molar-refractivity contribution in [2.75, 3.05) is 6.61 Å². The van der Waals surface area contributed by atoms with Crippen molar-refractivity contribution in [3.05, 3.63) is 48.1 Å². The van der Waals surface area contributed by atoms with Crippen molar-refractivity contribution in [3.8, 4) is 11.5 Å². The van der Waals surface area contributed by atoms with E-state index in [1.165, 1.54) is 12.1 Å². The summed E-state index contributed by atoms with van der Waals surface area (Å²) in [6, 6.07) is 6.32. The molecule has 5 aliphatic rings. The smallest absolute Gasteiger partial charge is 0.205 e. The van der Waals surface area contributed by atoms with Gasteiger partial charge in [-0.25, -0.2) is 0 Å². The number of Topliss-reactive ketones (excluding diaryl/α,β-unsaturated/α-hetero) is 1. The minimum absolute atomic E-state index is 0.0170. The average molecular weight is 523 g/mol. The Morgan fingerprint density at radius 1 is 1.21 bits per heavy atom. The lowest BCUT2D eigenvalue weighted by atomic mass is 9.46. The maximum absolute atomic E-state index is 14.2. The maximum atomic E-state index is 14.2. The van der Waals surface area contributed by atoms with Crippen LogP contribution in [0.25, 0.3) is 0 Å². The van der Waals surface area contributed by atoms with Crippen molar-refractivity contribution < 1.29 is 34.0 Å². The summed E-state index contributed by atoms with van der Waals surface area (Å²) in [5.74, 6) is 0.759. The van der Waals surface area contributed by atoms with Gasteiger partial charge in [-0.05, 0) is 80.4 Å². The summed E-state index contributed by atoms with van der Waals surface area (Å²) < 4.78 is 19.0. The lowest BCUT2D eigenvalue weighted by molar-refractivity contribution is -0.200. The quantitative estimate of drug-likeness (QED) is 0.567. The molecule has 4 fully saturated rings. The SMILES string of the molecule is CCC[C@@H]1O[C@@H]2C[C@H]3[C@@H]4CCC5=CC(=O)C=C[C@]5(C)[C@H]4[C@@H](O)C[C@]3(C)[C@]2(C(=O)COc2ccc(O)cc2)O1. The summed E-state index contributed by atoms with van der Waals surface area (Å²) in [5.41, 5.74) is -1.09. The topological polar surface area (TPSA) is 102 Å². The van der Waals surface area contributed by atoms with Crippen LogP contribution in [-0.2, 0) is 19.1 Å². The molecule has 3 saturated carbocycles. The highest BCUT2D eigenvalue weighted by Crippen LogP contribution is 2.69. The Labute approximate surface area is 223 Å². The van der Waals surface area contributed by atoms with E-state index < -0.39 is 29.5 Å². The Balaban J connectivity index is 1.34. The second kappa shape index (κ2) is 9.04. The number of rotatable bonds is 6. The molecule has 0 unspecified atom stereocenters. The van der Waals surface area contributed by atoms with Crippen LogP contribution in [0.5, 0.6) is 11.5 Å². The number of hydrogen-bond acceptors (Lipinski definition) is 7. The highest BCUT2D eigenvalue weighted by Gasteiger charge is 2.75. The number of benzene rings is 1. The zero-order valence-electron chi connectivity index (χ0n) is 22.4. The minimum atomic E-state index is -1.20. The molecule has 0 amide bonds. The van der Waals surface area contributed by atoms with Crippen molar-refractivity contribution >= 4 is 11.6 Å². The molecule has 0 radical (unpaired) electrons. The predicted octanol–water partition coefficient (Wildman–Crippen LogP) is 4.51. The molecule has 0 spiro atoms. The van der Waals surface area contributed by atoms with Gasteiger partial charge >= 0.3 is 0 Å². The monoisotopic (exact) mass is 522 g/mol. The number of aliphatic hydroxyl groups excluding tert-OH is 1. The lowest BCUT2D eigenvalue weighted by Gasteiger charge is -2.59. The molecule has 7 nitrogen and oxygen atoms in total. The van der Waals surface area contributed by atoms with Gasteiger partial charge in [0.25, 0.3) is 0 Å². The minimum Gasteiger partial charge on any atom is -0.508 e. The molecule has 1 heterocycles. The van der Waals surface area contributed by atoms with E-state index in [9.17, 15) is 19.8 Å². The van der Waals surface area contributed by atoms with E-state index in [0.717, 1.165) is 24.8 Å². The molecule has 0 aromatic heterocycles.